The summed E-state index contributed by atoms with van der Waals surface area (Å²) in [6.07, 6.45) is 9.95. The number of hydrogen-bond acceptors (Lipinski definition) is 12. The molecule has 12 rings (SSSR count). The Morgan fingerprint density at radius 1 is 0.437 bits per heavy atom. The Bertz CT molecular complexity index is 3500. The summed E-state index contributed by atoms with van der Waals surface area (Å²) in [5, 5.41) is 18.3. The molecule has 3 aliphatic heterocycles. The van der Waals surface area contributed by atoms with Gasteiger partial charge in [0.2, 0.25) is 0 Å². The van der Waals surface area contributed by atoms with E-state index in [2.05, 4.69) is 45.6 Å². The molecular formula is C51H34F3N11O6. The van der Waals surface area contributed by atoms with Crippen LogP contribution < -0.4 is 10.6 Å². The molecule has 0 fully saturated rings. The van der Waals surface area contributed by atoms with Gasteiger partial charge in [0.05, 0.1) is 23.4 Å². The third-order valence-electron chi connectivity index (χ3n) is 11.5. The van der Waals surface area contributed by atoms with E-state index in [1.165, 1.54) is 48.8 Å². The van der Waals surface area contributed by atoms with Crippen LogP contribution in [0.5, 0.6) is 0 Å². The molecule has 17 nitrogen and oxygen atoms in total. The molecule has 20 heteroatoms. The van der Waals surface area contributed by atoms with Gasteiger partial charge in [-0.2, -0.15) is 15.3 Å². The van der Waals surface area contributed by atoms with Crippen LogP contribution in [-0.2, 0) is 32.4 Å². The number of fused-ring (bicyclic) bond motifs is 3. The van der Waals surface area contributed by atoms with Crippen molar-refractivity contribution in [3.05, 3.63) is 179 Å². The van der Waals surface area contributed by atoms with Gasteiger partial charge in [0, 0.05) is 108 Å². The lowest BCUT2D eigenvalue weighted by molar-refractivity contribution is 0.0441. The summed E-state index contributed by atoms with van der Waals surface area (Å²) in [6.45, 7) is 0.439. The van der Waals surface area contributed by atoms with E-state index in [4.69, 9.17) is 0 Å². The number of amides is 3. The largest absolute Gasteiger partial charge is 0.384 e. The minimum atomic E-state index is -0.760. The van der Waals surface area contributed by atoms with Crippen LogP contribution in [0, 0.1) is 17.5 Å². The van der Waals surface area contributed by atoms with Crippen molar-refractivity contribution in [2.45, 2.75) is 6.54 Å². The molecule has 2 N–H and O–H groups in total. The van der Waals surface area contributed by atoms with Crippen molar-refractivity contribution in [1.82, 2.24) is 54.9 Å². The summed E-state index contributed by atoms with van der Waals surface area (Å²) in [6, 6.07) is 23.1. The van der Waals surface area contributed by atoms with Crippen LogP contribution >= 0.6 is 0 Å². The number of nitrogens with zero attached hydrogens (tertiary/aromatic N) is 9. The predicted octanol–water partition coefficient (Wildman–Crippen LogP) is 7.30. The normalized spacial score (nSPS) is 13.1. The van der Waals surface area contributed by atoms with E-state index in [-0.39, 0.29) is 45.9 Å². The number of carbonyl (C=O) groups is 5. The second-order valence-corrected chi connectivity index (χ2v) is 16.2. The van der Waals surface area contributed by atoms with Crippen LogP contribution in [0.4, 0.5) is 13.2 Å². The van der Waals surface area contributed by atoms with Gasteiger partial charge < -0.3 is 10.1 Å². The number of pyridine rings is 3. The van der Waals surface area contributed by atoms with Crippen molar-refractivity contribution in [3.63, 3.8) is 0 Å². The molecule has 0 radical (unpaired) electrons. The minimum absolute atomic E-state index is 0.00795. The highest BCUT2D eigenvalue weighted by Gasteiger charge is 2.36. The van der Waals surface area contributed by atoms with E-state index in [0.717, 1.165) is 22.4 Å². The minimum Gasteiger partial charge on any atom is -0.384 e. The summed E-state index contributed by atoms with van der Waals surface area (Å²) in [5.41, 5.74) is 9.84. The Balaban J connectivity index is 0.000000123. The van der Waals surface area contributed by atoms with E-state index >= 15 is 0 Å². The molecule has 0 spiro atoms. The Kier molecular flexibility index (Phi) is 11.5. The SMILES string of the molecule is Cn1cc(-c2ccnc3c2C(=O)NC3)c(-c2ccc(F)cc2)n1.Cn1cc(-c2ccnc3c2C(=O)NC3=O)c(-c2ccc(F)cc2)n1.Cn1cc(-c2ccnc3c2C(=O)OC3=O)c(-c2ccc(F)cc2)n1. The molecule has 3 aromatic carbocycles. The van der Waals surface area contributed by atoms with Crippen molar-refractivity contribution < 1.29 is 41.9 Å². The maximum Gasteiger partial charge on any atom is 0.365 e. The van der Waals surface area contributed by atoms with Crippen molar-refractivity contribution in [2.24, 2.45) is 21.1 Å². The molecule has 71 heavy (non-hydrogen) atoms. The number of carbonyl (C=O) groups excluding carboxylic acids is 5. The van der Waals surface area contributed by atoms with Crippen LogP contribution in [0.25, 0.3) is 67.2 Å². The fourth-order valence-electron chi connectivity index (χ4n) is 8.43. The first-order valence-corrected chi connectivity index (χ1v) is 21.5. The quantitative estimate of drug-likeness (QED) is 0.0956. The first-order valence-electron chi connectivity index (χ1n) is 21.5. The number of nitrogens with one attached hydrogen (secondary N) is 2. The molecule has 0 atom stereocenters. The number of imide groups is 1. The lowest BCUT2D eigenvalue weighted by atomic mass is 9.97. The first-order chi connectivity index (χ1) is 34.2. The molecule has 3 amide bonds. The van der Waals surface area contributed by atoms with E-state index in [1.807, 2.05) is 19.3 Å². The van der Waals surface area contributed by atoms with Gasteiger partial charge in [-0.05, 0) is 91.0 Å². The Labute approximate surface area is 399 Å². The standard InChI is InChI=1S/C17H11FN4O2.C17H13FN4O.C17H10FN3O3/c1-22-8-12(14(21-22)9-2-4-10(18)5-3-9)11-6-7-19-15-13(11)16(23)20-17(15)24;1-22-9-13(16(21-22)10-2-4-11(18)5-3-10)12-6-7-19-14-8-20-17(23)15(12)14;1-21-8-12(14(20-21)9-2-4-10(18)5-3-9)11-6-7-19-15-13(11)16(22)24-17(15)23/h2-8H,1H3,(H,20,23,24);2-7,9H,8H2,1H3,(H,20,23);2-8H,1H3. The highest BCUT2D eigenvalue weighted by atomic mass is 19.1. The molecule has 3 aliphatic rings. The summed E-state index contributed by atoms with van der Waals surface area (Å²) < 4.78 is 49.1. The van der Waals surface area contributed by atoms with Crippen LogP contribution in [0.3, 0.4) is 0 Å². The topological polar surface area (TPSA) is 211 Å². The molecule has 9 aromatic rings. The molecule has 0 unspecified atom stereocenters. The van der Waals surface area contributed by atoms with E-state index in [0.29, 0.717) is 62.6 Å². The van der Waals surface area contributed by atoms with Crippen LogP contribution in [0.2, 0.25) is 0 Å². The highest BCUT2D eigenvalue weighted by Crippen LogP contribution is 2.38. The molecule has 0 bridgehead atoms. The number of esters is 2. The number of benzene rings is 3. The Morgan fingerprint density at radius 2 is 0.845 bits per heavy atom. The summed E-state index contributed by atoms with van der Waals surface area (Å²) >= 11 is 0. The van der Waals surface area contributed by atoms with Gasteiger partial charge in [0.25, 0.3) is 17.7 Å². The Morgan fingerprint density at radius 3 is 1.31 bits per heavy atom. The second kappa shape index (κ2) is 18.1. The number of aromatic nitrogens is 9. The molecule has 350 valence electrons. The van der Waals surface area contributed by atoms with Gasteiger partial charge in [-0.25, -0.2) is 27.7 Å². The summed E-state index contributed by atoms with van der Waals surface area (Å²) in [5.74, 6) is -3.60. The first kappa shape index (κ1) is 45.1. The maximum atomic E-state index is 13.2. The molecule has 6 aromatic heterocycles. The van der Waals surface area contributed by atoms with Crippen molar-refractivity contribution in [3.8, 4) is 67.2 Å². The molecule has 0 aliphatic carbocycles. The zero-order valence-corrected chi connectivity index (χ0v) is 37.4. The average Bonchev–Trinajstić information content (AvgIpc) is 4.23. The Hall–Kier alpha value is -9.72. The molecule has 0 saturated carbocycles. The van der Waals surface area contributed by atoms with Gasteiger partial charge in [-0.3, -0.25) is 43.7 Å². The third-order valence-corrected chi connectivity index (χ3v) is 11.5. The zero-order valence-electron chi connectivity index (χ0n) is 37.4. The van der Waals surface area contributed by atoms with Crippen molar-refractivity contribution >= 4 is 29.7 Å². The zero-order chi connectivity index (χ0) is 49.7. The van der Waals surface area contributed by atoms with Crippen molar-refractivity contribution in [2.75, 3.05) is 0 Å². The molecule has 9 heterocycles. The van der Waals surface area contributed by atoms with Crippen molar-refractivity contribution in [1.29, 1.82) is 0 Å². The molecule has 0 saturated heterocycles. The fraction of sp³-hybridized carbons (Fsp3) is 0.0784. The maximum absolute atomic E-state index is 13.2. The number of rotatable bonds is 6. The second-order valence-electron chi connectivity index (χ2n) is 16.2. The van der Waals surface area contributed by atoms with Gasteiger partial charge >= 0.3 is 11.9 Å². The van der Waals surface area contributed by atoms with Gasteiger partial charge in [-0.1, -0.05) is 0 Å². The average molecular weight is 954 g/mol. The highest BCUT2D eigenvalue weighted by molar-refractivity contribution is 6.23. The third kappa shape index (κ3) is 8.49. The number of aryl methyl sites for hydroxylation is 3. The summed E-state index contributed by atoms with van der Waals surface area (Å²) in [4.78, 5) is 71.9. The lowest BCUT2D eigenvalue weighted by Crippen LogP contribution is -2.20. The molecular weight excluding hydrogens is 920 g/mol. The van der Waals surface area contributed by atoms with Crippen LogP contribution in [0.1, 0.15) is 57.7 Å². The number of ether oxygens (including phenoxy) is 1. The van der Waals surface area contributed by atoms with E-state index < -0.39 is 23.8 Å². The number of halogens is 3. The van der Waals surface area contributed by atoms with Gasteiger partial charge in [0.15, 0.2) is 5.69 Å². The number of hydrogen-bond donors (Lipinski definition) is 2. The number of cyclic esters (lactones) is 2. The van der Waals surface area contributed by atoms with Gasteiger partial charge in [-0.15, -0.1) is 0 Å². The van der Waals surface area contributed by atoms with Gasteiger partial charge in [0.1, 0.15) is 45.8 Å². The fourth-order valence-corrected chi connectivity index (χ4v) is 8.43. The van der Waals surface area contributed by atoms with E-state index in [9.17, 15) is 37.1 Å². The monoisotopic (exact) mass is 953 g/mol. The van der Waals surface area contributed by atoms with E-state index in [1.54, 1.807) is 95.3 Å². The lowest BCUT2D eigenvalue weighted by Gasteiger charge is -2.06. The van der Waals surface area contributed by atoms with Crippen LogP contribution in [0.15, 0.2) is 128 Å². The summed E-state index contributed by atoms with van der Waals surface area (Å²) in [7, 11) is 5.31. The van der Waals surface area contributed by atoms with Crippen LogP contribution in [-0.4, -0.2) is 74.0 Å². The smallest absolute Gasteiger partial charge is 0.365 e. The predicted molar refractivity (Wildman–Crippen MR) is 248 cm³/mol.